The number of rotatable bonds is 5. The lowest BCUT2D eigenvalue weighted by Gasteiger charge is -2.39. The van der Waals surface area contributed by atoms with E-state index in [1.807, 2.05) is 12.1 Å². The summed E-state index contributed by atoms with van der Waals surface area (Å²) in [5.74, 6) is 0.816. The quantitative estimate of drug-likeness (QED) is 0.870. The van der Waals surface area contributed by atoms with Gasteiger partial charge in [0.2, 0.25) is 0 Å². The average Bonchev–Trinajstić information content (AvgIpc) is 2.47. The minimum absolute atomic E-state index is 0.00971. The molecule has 4 nitrogen and oxygen atoms in total. The Kier molecular flexibility index (Phi) is 5.21. The van der Waals surface area contributed by atoms with Gasteiger partial charge in [-0.25, -0.2) is 4.98 Å². The highest BCUT2D eigenvalue weighted by atomic mass is 16.1. The first-order chi connectivity index (χ1) is 10.0. The van der Waals surface area contributed by atoms with Gasteiger partial charge in [-0.1, -0.05) is 33.6 Å². The summed E-state index contributed by atoms with van der Waals surface area (Å²) in [6.45, 7) is 7.50. The molecule has 1 unspecified atom stereocenters. The van der Waals surface area contributed by atoms with E-state index in [2.05, 4.69) is 36.4 Å². The van der Waals surface area contributed by atoms with Crippen molar-refractivity contribution in [3.8, 4) is 0 Å². The second-order valence-corrected chi connectivity index (χ2v) is 6.62. The number of nitrogens with zero attached hydrogens (tertiary/aromatic N) is 1. The molecule has 1 heterocycles. The third kappa shape index (κ3) is 4.19. The van der Waals surface area contributed by atoms with Gasteiger partial charge in [0.05, 0.1) is 5.56 Å². The molecule has 0 aliphatic heterocycles. The van der Waals surface area contributed by atoms with Crippen LogP contribution >= 0.6 is 0 Å². The highest BCUT2D eigenvalue weighted by Gasteiger charge is 2.33. The molecule has 2 N–H and O–H groups in total. The fourth-order valence-electron chi connectivity index (χ4n) is 2.89. The molecule has 0 saturated heterocycles. The summed E-state index contributed by atoms with van der Waals surface area (Å²) in [6, 6.07) is 3.98. The topological polar surface area (TPSA) is 54.0 Å². The molecule has 4 heteroatoms. The van der Waals surface area contributed by atoms with Crippen LogP contribution in [0.3, 0.4) is 0 Å². The molecule has 0 aromatic carbocycles. The van der Waals surface area contributed by atoms with Gasteiger partial charge in [0, 0.05) is 18.8 Å². The van der Waals surface area contributed by atoms with Crippen molar-refractivity contribution in [1.29, 1.82) is 0 Å². The first kappa shape index (κ1) is 15.8. The van der Waals surface area contributed by atoms with Gasteiger partial charge in [0.25, 0.3) is 5.91 Å². The fourth-order valence-corrected chi connectivity index (χ4v) is 2.89. The second kappa shape index (κ2) is 6.92. The van der Waals surface area contributed by atoms with Crippen LogP contribution in [-0.2, 0) is 0 Å². The van der Waals surface area contributed by atoms with Crippen LogP contribution in [0.1, 0.15) is 63.2 Å². The summed E-state index contributed by atoms with van der Waals surface area (Å²) in [7, 11) is 0. The molecule has 1 aliphatic carbocycles. The van der Waals surface area contributed by atoms with E-state index in [1.165, 1.54) is 19.3 Å². The minimum Gasteiger partial charge on any atom is -0.370 e. The molecule has 1 aromatic rings. The number of pyridine rings is 1. The van der Waals surface area contributed by atoms with Gasteiger partial charge in [0.15, 0.2) is 0 Å². The molecule has 1 amide bonds. The Morgan fingerprint density at radius 3 is 2.81 bits per heavy atom. The van der Waals surface area contributed by atoms with Crippen molar-refractivity contribution in [2.24, 2.45) is 5.41 Å². The molecule has 21 heavy (non-hydrogen) atoms. The van der Waals surface area contributed by atoms with Crippen LogP contribution in [0.25, 0.3) is 0 Å². The molecular formula is C17H27N3O. The van der Waals surface area contributed by atoms with Crippen LogP contribution in [-0.4, -0.2) is 23.5 Å². The van der Waals surface area contributed by atoms with Gasteiger partial charge in [-0.3, -0.25) is 4.79 Å². The Morgan fingerprint density at radius 2 is 2.19 bits per heavy atom. The summed E-state index contributed by atoms with van der Waals surface area (Å²) in [6.07, 6.45) is 7.42. The van der Waals surface area contributed by atoms with Gasteiger partial charge in [-0.05, 0) is 36.8 Å². The lowest BCUT2D eigenvalue weighted by atomic mass is 9.73. The van der Waals surface area contributed by atoms with Gasteiger partial charge in [0.1, 0.15) is 5.82 Å². The van der Waals surface area contributed by atoms with Gasteiger partial charge < -0.3 is 10.6 Å². The zero-order valence-corrected chi connectivity index (χ0v) is 13.4. The SMILES string of the molecule is CCCNc1ccc(C(=O)NC2CCCCC2(C)C)cn1. The van der Waals surface area contributed by atoms with Crippen LogP contribution in [0.15, 0.2) is 18.3 Å². The van der Waals surface area contributed by atoms with E-state index < -0.39 is 0 Å². The maximum atomic E-state index is 12.4. The fraction of sp³-hybridized carbons (Fsp3) is 0.647. The highest BCUT2D eigenvalue weighted by molar-refractivity contribution is 5.94. The summed E-state index contributed by atoms with van der Waals surface area (Å²) in [5.41, 5.74) is 0.822. The summed E-state index contributed by atoms with van der Waals surface area (Å²) in [5, 5.41) is 6.40. The van der Waals surface area contributed by atoms with E-state index >= 15 is 0 Å². The lowest BCUT2D eigenvalue weighted by molar-refractivity contribution is 0.0853. The van der Waals surface area contributed by atoms with Gasteiger partial charge in [-0.2, -0.15) is 0 Å². The van der Waals surface area contributed by atoms with Crippen LogP contribution in [0.4, 0.5) is 5.82 Å². The van der Waals surface area contributed by atoms with Crippen molar-refractivity contribution in [2.75, 3.05) is 11.9 Å². The zero-order chi connectivity index (χ0) is 15.3. The van der Waals surface area contributed by atoms with Gasteiger partial charge in [-0.15, -0.1) is 0 Å². The first-order valence-electron chi connectivity index (χ1n) is 8.04. The number of nitrogens with one attached hydrogen (secondary N) is 2. The Morgan fingerprint density at radius 1 is 1.38 bits per heavy atom. The van der Waals surface area contributed by atoms with Crippen LogP contribution in [0.5, 0.6) is 0 Å². The predicted octanol–water partition coefficient (Wildman–Crippen LogP) is 3.60. The van der Waals surface area contributed by atoms with Crippen molar-refractivity contribution in [2.45, 2.75) is 58.9 Å². The number of carbonyl (C=O) groups excluding carboxylic acids is 1. The number of carbonyl (C=O) groups is 1. The molecule has 0 bridgehead atoms. The van der Waals surface area contributed by atoms with Gasteiger partial charge >= 0.3 is 0 Å². The Labute approximate surface area is 127 Å². The average molecular weight is 289 g/mol. The first-order valence-corrected chi connectivity index (χ1v) is 8.04. The molecule has 116 valence electrons. The van der Waals surface area contributed by atoms with E-state index in [0.717, 1.165) is 25.2 Å². The minimum atomic E-state index is -0.00971. The standard InChI is InChI=1S/C17H27N3O/c1-4-11-18-15-9-8-13(12-19-15)16(21)20-14-7-5-6-10-17(14,2)3/h8-9,12,14H,4-7,10-11H2,1-3H3,(H,18,19)(H,20,21). The Hall–Kier alpha value is -1.58. The van der Waals surface area contributed by atoms with Crippen molar-refractivity contribution in [3.05, 3.63) is 23.9 Å². The number of amides is 1. The molecule has 0 spiro atoms. The highest BCUT2D eigenvalue weighted by Crippen LogP contribution is 2.35. The molecule has 2 rings (SSSR count). The maximum absolute atomic E-state index is 12.4. The number of anilines is 1. The van der Waals surface area contributed by atoms with Crippen molar-refractivity contribution < 1.29 is 4.79 Å². The van der Waals surface area contributed by atoms with E-state index in [-0.39, 0.29) is 17.4 Å². The van der Waals surface area contributed by atoms with E-state index in [4.69, 9.17) is 0 Å². The van der Waals surface area contributed by atoms with Crippen LogP contribution < -0.4 is 10.6 Å². The maximum Gasteiger partial charge on any atom is 0.253 e. The normalized spacial score (nSPS) is 20.8. The summed E-state index contributed by atoms with van der Waals surface area (Å²) >= 11 is 0. The largest absolute Gasteiger partial charge is 0.370 e. The Balaban J connectivity index is 1.96. The van der Waals surface area contributed by atoms with Crippen molar-refractivity contribution in [1.82, 2.24) is 10.3 Å². The Bertz CT molecular complexity index is 467. The smallest absolute Gasteiger partial charge is 0.253 e. The zero-order valence-electron chi connectivity index (χ0n) is 13.4. The van der Waals surface area contributed by atoms with E-state index in [1.54, 1.807) is 6.20 Å². The van der Waals surface area contributed by atoms with Crippen LogP contribution in [0, 0.1) is 5.41 Å². The molecule has 1 atom stereocenters. The molecule has 1 fully saturated rings. The molecule has 0 radical (unpaired) electrons. The van der Waals surface area contributed by atoms with E-state index in [0.29, 0.717) is 5.56 Å². The predicted molar refractivity (Wildman–Crippen MR) is 86.5 cm³/mol. The third-order valence-electron chi connectivity index (χ3n) is 4.39. The lowest BCUT2D eigenvalue weighted by Crippen LogP contribution is -2.46. The molecule has 1 saturated carbocycles. The summed E-state index contributed by atoms with van der Waals surface area (Å²) in [4.78, 5) is 16.6. The molecule has 1 aromatic heterocycles. The molecular weight excluding hydrogens is 262 g/mol. The number of hydrogen-bond acceptors (Lipinski definition) is 3. The third-order valence-corrected chi connectivity index (χ3v) is 4.39. The van der Waals surface area contributed by atoms with Crippen molar-refractivity contribution in [3.63, 3.8) is 0 Å². The van der Waals surface area contributed by atoms with E-state index in [9.17, 15) is 4.79 Å². The second-order valence-electron chi connectivity index (χ2n) is 6.62. The van der Waals surface area contributed by atoms with Crippen LogP contribution in [0.2, 0.25) is 0 Å². The number of hydrogen-bond donors (Lipinski definition) is 2. The van der Waals surface area contributed by atoms with Crippen molar-refractivity contribution >= 4 is 11.7 Å². The molecule has 1 aliphatic rings. The number of aromatic nitrogens is 1. The summed E-state index contributed by atoms with van der Waals surface area (Å²) < 4.78 is 0. The monoisotopic (exact) mass is 289 g/mol.